The molecule has 0 saturated carbocycles. The van der Waals surface area contributed by atoms with Gasteiger partial charge in [-0.25, -0.2) is 4.39 Å². The Morgan fingerprint density at radius 1 is 1.32 bits per heavy atom. The normalized spacial score (nSPS) is 12.0. The lowest BCUT2D eigenvalue weighted by atomic mass is 10.1. The summed E-state index contributed by atoms with van der Waals surface area (Å²) in [5, 5.41) is 0.446. The number of ketones is 1. The van der Waals surface area contributed by atoms with Crippen LogP contribution in [0, 0.1) is 5.82 Å². The van der Waals surface area contributed by atoms with E-state index in [2.05, 4.69) is 9.72 Å². The van der Waals surface area contributed by atoms with E-state index in [9.17, 15) is 22.4 Å². The molecule has 3 nitrogen and oxygen atoms in total. The Morgan fingerprint density at radius 2 is 2.05 bits per heavy atom. The predicted octanol–water partition coefficient (Wildman–Crippen LogP) is 3.07. The van der Waals surface area contributed by atoms with Crippen LogP contribution in [0.1, 0.15) is 10.4 Å². The van der Waals surface area contributed by atoms with Gasteiger partial charge in [0, 0.05) is 22.7 Å². The molecular weight excluding hydrogens is 266 g/mol. The van der Waals surface area contributed by atoms with E-state index in [-0.39, 0.29) is 5.56 Å². The third-order valence-corrected chi connectivity index (χ3v) is 2.44. The molecule has 0 bridgehead atoms. The Kier molecular flexibility index (Phi) is 3.57. The number of H-pyrrole nitrogens is 1. The largest absolute Gasteiger partial charge is 0.411 e. The monoisotopic (exact) mass is 275 g/mol. The predicted molar refractivity (Wildman–Crippen MR) is 59.5 cm³/mol. The second-order valence-corrected chi connectivity index (χ2v) is 3.92. The van der Waals surface area contributed by atoms with Crippen LogP contribution in [0.4, 0.5) is 17.6 Å². The van der Waals surface area contributed by atoms with Gasteiger partial charge >= 0.3 is 6.18 Å². The summed E-state index contributed by atoms with van der Waals surface area (Å²) in [6.07, 6.45) is -3.15. The van der Waals surface area contributed by atoms with Crippen molar-refractivity contribution in [3.8, 4) is 0 Å². The maximum atomic E-state index is 12.9. The van der Waals surface area contributed by atoms with Gasteiger partial charge < -0.3 is 9.72 Å². The quantitative estimate of drug-likeness (QED) is 0.688. The van der Waals surface area contributed by atoms with Crippen LogP contribution in [0.15, 0.2) is 24.4 Å². The molecular formula is C12H9F4NO2. The molecule has 0 aliphatic rings. The van der Waals surface area contributed by atoms with Crippen molar-refractivity contribution in [2.45, 2.75) is 6.18 Å². The zero-order valence-electron chi connectivity index (χ0n) is 9.55. The van der Waals surface area contributed by atoms with Gasteiger partial charge in [-0.15, -0.1) is 0 Å². The molecule has 1 aromatic carbocycles. The van der Waals surface area contributed by atoms with Gasteiger partial charge in [0.1, 0.15) is 19.0 Å². The zero-order valence-corrected chi connectivity index (χ0v) is 9.55. The topological polar surface area (TPSA) is 42.1 Å². The first kappa shape index (κ1) is 13.5. The number of alkyl halides is 3. The third-order valence-electron chi connectivity index (χ3n) is 2.44. The van der Waals surface area contributed by atoms with Gasteiger partial charge in [-0.1, -0.05) is 0 Å². The zero-order chi connectivity index (χ0) is 14.0. The summed E-state index contributed by atoms with van der Waals surface area (Å²) in [7, 11) is 0. The van der Waals surface area contributed by atoms with Crippen molar-refractivity contribution in [1.82, 2.24) is 4.98 Å². The number of fused-ring (bicyclic) bond motifs is 1. The smallest absolute Gasteiger partial charge is 0.364 e. The number of aromatic amines is 1. The molecule has 0 saturated heterocycles. The average molecular weight is 275 g/mol. The molecule has 0 aliphatic heterocycles. The van der Waals surface area contributed by atoms with Gasteiger partial charge in [0.05, 0.1) is 0 Å². The summed E-state index contributed by atoms with van der Waals surface area (Å²) in [6, 6.07) is 3.75. The lowest BCUT2D eigenvalue weighted by Crippen LogP contribution is -2.20. The lowest BCUT2D eigenvalue weighted by molar-refractivity contribution is -0.170. The fraction of sp³-hybridized carbons (Fsp3) is 0.250. The van der Waals surface area contributed by atoms with E-state index in [1.165, 1.54) is 24.4 Å². The molecule has 1 heterocycles. The lowest BCUT2D eigenvalue weighted by Gasteiger charge is -2.06. The van der Waals surface area contributed by atoms with Crippen molar-refractivity contribution in [2.75, 3.05) is 13.2 Å². The van der Waals surface area contributed by atoms with Crippen molar-refractivity contribution in [1.29, 1.82) is 0 Å². The SMILES string of the molecule is O=C(COCC(F)(F)F)c1c[nH]c2cc(F)ccc12. The van der Waals surface area contributed by atoms with Crippen molar-refractivity contribution < 1.29 is 27.1 Å². The summed E-state index contributed by atoms with van der Waals surface area (Å²) in [6.45, 7) is -2.15. The molecule has 0 amide bonds. The van der Waals surface area contributed by atoms with E-state index >= 15 is 0 Å². The number of nitrogens with one attached hydrogen (secondary N) is 1. The van der Waals surface area contributed by atoms with E-state index in [0.717, 1.165) is 0 Å². The maximum Gasteiger partial charge on any atom is 0.411 e. The summed E-state index contributed by atoms with van der Waals surface area (Å²) >= 11 is 0. The molecule has 19 heavy (non-hydrogen) atoms. The van der Waals surface area contributed by atoms with Gasteiger partial charge in [0.2, 0.25) is 0 Å². The van der Waals surface area contributed by atoms with Crippen LogP contribution < -0.4 is 0 Å². The standard InChI is InChI=1S/C12H9F4NO2/c13-7-1-2-8-9(4-17-10(8)3-7)11(18)5-19-6-12(14,15)16/h1-4,17H,5-6H2. The Morgan fingerprint density at radius 3 is 2.74 bits per heavy atom. The number of hydrogen-bond donors (Lipinski definition) is 1. The van der Waals surface area contributed by atoms with Crippen molar-refractivity contribution >= 4 is 16.7 Å². The molecule has 2 rings (SSSR count). The maximum absolute atomic E-state index is 12.9. The van der Waals surface area contributed by atoms with E-state index < -0.39 is 31.0 Å². The van der Waals surface area contributed by atoms with Gasteiger partial charge in [-0.05, 0) is 18.2 Å². The van der Waals surface area contributed by atoms with Crippen molar-refractivity contribution in [3.05, 3.63) is 35.8 Å². The van der Waals surface area contributed by atoms with Gasteiger partial charge in [0.25, 0.3) is 0 Å². The van der Waals surface area contributed by atoms with Crippen LogP contribution in [0.5, 0.6) is 0 Å². The first-order valence-corrected chi connectivity index (χ1v) is 5.31. The summed E-state index contributed by atoms with van der Waals surface area (Å²) < 4.78 is 52.8. The first-order chi connectivity index (χ1) is 8.87. The number of hydrogen-bond acceptors (Lipinski definition) is 2. The van der Waals surface area contributed by atoms with Crippen LogP contribution in [-0.2, 0) is 4.74 Å². The van der Waals surface area contributed by atoms with Crippen LogP contribution in [0.2, 0.25) is 0 Å². The van der Waals surface area contributed by atoms with Crippen LogP contribution >= 0.6 is 0 Å². The highest BCUT2D eigenvalue weighted by Gasteiger charge is 2.28. The number of carbonyl (C=O) groups excluding carboxylic acids is 1. The minimum atomic E-state index is -4.47. The number of Topliss-reactive ketones (excluding diaryl/α,β-unsaturated/α-hetero) is 1. The number of halogens is 4. The fourth-order valence-electron chi connectivity index (χ4n) is 1.67. The van der Waals surface area contributed by atoms with Crippen LogP contribution in [0.25, 0.3) is 10.9 Å². The number of ether oxygens (including phenoxy) is 1. The molecule has 0 fully saturated rings. The van der Waals surface area contributed by atoms with Crippen LogP contribution in [-0.4, -0.2) is 30.2 Å². The highest BCUT2D eigenvalue weighted by molar-refractivity contribution is 6.08. The van der Waals surface area contributed by atoms with E-state index in [1.807, 2.05) is 0 Å². The second-order valence-electron chi connectivity index (χ2n) is 3.92. The summed E-state index contributed by atoms with van der Waals surface area (Å²) in [5.41, 5.74) is 0.580. The first-order valence-electron chi connectivity index (χ1n) is 5.31. The number of rotatable bonds is 4. The molecule has 1 N–H and O–H groups in total. The highest BCUT2D eigenvalue weighted by atomic mass is 19.4. The molecule has 102 valence electrons. The van der Waals surface area contributed by atoms with Gasteiger partial charge in [-0.3, -0.25) is 4.79 Å². The Bertz CT molecular complexity index is 603. The molecule has 0 aliphatic carbocycles. The fourth-order valence-corrected chi connectivity index (χ4v) is 1.67. The minimum absolute atomic E-state index is 0.178. The molecule has 0 unspecified atom stereocenters. The number of aromatic nitrogens is 1. The molecule has 7 heteroatoms. The highest BCUT2D eigenvalue weighted by Crippen LogP contribution is 2.20. The molecule has 2 aromatic rings. The van der Waals surface area contributed by atoms with E-state index in [1.54, 1.807) is 0 Å². The Labute approximate surface area is 105 Å². The third kappa shape index (κ3) is 3.31. The molecule has 0 spiro atoms. The van der Waals surface area contributed by atoms with Crippen LogP contribution in [0.3, 0.4) is 0 Å². The molecule has 0 radical (unpaired) electrons. The average Bonchev–Trinajstić information content (AvgIpc) is 2.69. The van der Waals surface area contributed by atoms with E-state index in [0.29, 0.717) is 10.9 Å². The van der Waals surface area contributed by atoms with Crippen molar-refractivity contribution in [3.63, 3.8) is 0 Å². The minimum Gasteiger partial charge on any atom is -0.364 e. The Hall–Kier alpha value is -1.89. The second kappa shape index (κ2) is 5.00. The number of carbonyl (C=O) groups is 1. The van der Waals surface area contributed by atoms with Crippen molar-refractivity contribution in [2.24, 2.45) is 0 Å². The summed E-state index contributed by atoms with van der Waals surface area (Å²) in [5.74, 6) is -1.07. The number of benzene rings is 1. The molecule has 0 atom stereocenters. The molecule has 1 aromatic heterocycles. The van der Waals surface area contributed by atoms with Gasteiger partial charge in [0.15, 0.2) is 5.78 Å². The van der Waals surface area contributed by atoms with Gasteiger partial charge in [-0.2, -0.15) is 13.2 Å². The summed E-state index contributed by atoms with van der Waals surface area (Å²) in [4.78, 5) is 14.4. The van der Waals surface area contributed by atoms with E-state index in [4.69, 9.17) is 0 Å². The Balaban J connectivity index is 2.09.